The Morgan fingerprint density at radius 3 is 2.73 bits per heavy atom. The summed E-state index contributed by atoms with van der Waals surface area (Å²) in [5.74, 6) is -0.308. The van der Waals surface area contributed by atoms with Crippen LogP contribution in [0.3, 0.4) is 0 Å². The van der Waals surface area contributed by atoms with E-state index in [2.05, 4.69) is 5.32 Å². The van der Waals surface area contributed by atoms with Crippen LogP contribution in [0.4, 0.5) is 5.69 Å². The molecule has 0 aliphatic carbocycles. The molecule has 1 rings (SSSR count). The van der Waals surface area contributed by atoms with Crippen molar-refractivity contribution in [2.24, 2.45) is 0 Å². The van der Waals surface area contributed by atoms with E-state index in [-0.39, 0.29) is 5.91 Å². The number of hydrogen-bond acceptors (Lipinski definition) is 2. The van der Waals surface area contributed by atoms with Crippen LogP contribution in [0, 0.1) is 11.3 Å². The number of benzene rings is 1. The van der Waals surface area contributed by atoms with Crippen LogP contribution in [-0.4, -0.2) is 11.3 Å². The van der Waals surface area contributed by atoms with Crippen LogP contribution in [0.1, 0.15) is 12.5 Å². The van der Waals surface area contributed by atoms with Crippen molar-refractivity contribution in [1.82, 2.24) is 0 Å². The molecular weight excluding hydrogens is 235 g/mol. The standard InChI is InChI=1S/C10H8Cl2N2O/c1-6(11)10(15)14-8-3-2-7(5-13)9(12)4-8/h2-4,6H,1H3,(H,14,15)/t6-/m1/s1. The summed E-state index contributed by atoms with van der Waals surface area (Å²) < 4.78 is 0. The zero-order chi connectivity index (χ0) is 11.4. The average molecular weight is 243 g/mol. The van der Waals surface area contributed by atoms with Gasteiger partial charge in [-0.05, 0) is 25.1 Å². The van der Waals surface area contributed by atoms with E-state index in [1.54, 1.807) is 13.0 Å². The minimum atomic E-state index is -0.612. The van der Waals surface area contributed by atoms with Crippen molar-refractivity contribution in [3.8, 4) is 6.07 Å². The summed E-state index contributed by atoms with van der Waals surface area (Å²) >= 11 is 11.4. The lowest BCUT2D eigenvalue weighted by Gasteiger charge is -2.06. The molecule has 3 nitrogen and oxygen atoms in total. The second kappa shape index (κ2) is 5.01. The van der Waals surface area contributed by atoms with Crippen molar-refractivity contribution >= 4 is 34.8 Å². The number of halogens is 2. The number of nitriles is 1. The first-order valence-corrected chi connectivity index (χ1v) is 5.00. The van der Waals surface area contributed by atoms with Gasteiger partial charge in [-0.2, -0.15) is 5.26 Å². The third-order valence-corrected chi connectivity index (χ3v) is 2.23. The van der Waals surface area contributed by atoms with Gasteiger partial charge in [0.1, 0.15) is 11.4 Å². The van der Waals surface area contributed by atoms with Crippen LogP contribution >= 0.6 is 23.2 Å². The molecule has 0 aliphatic heterocycles. The quantitative estimate of drug-likeness (QED) is 0.812. The maximum atomic E-state index is 11.2. The molecule has 0 unspecified atom stereocenters. The van der Waals surface area contributed by atoms with Gasteiger partial charge in [-0.1, -0.05) is 11.6 Å². The van der Waals surface area contributed by atoms with Crippen LogP contribution in [-0.2, 0) is 4.79 Å². The molecule has 0 aliphatic rings. The van der Waals surface area contributed by atoms with Crippen molar-refractivity contribution in [2.45, 2.75) is 12.3 Å². The Balaban J connectivity index is 2.86. The minimum absolute atomic E-state index is 0.303. The highest BCUT2D eigenvalue weighted by Crippen LogP contribution is 2.20. The lowest BCUT2D eigenvalue weighted by Crippen LogP contribution is -2.20. The number of nitrogens with zero attached hydrogens (tertiary/aromatic N) is 1. The summed E-state index contributed by atoms with van der Waals surface area (Å²) in [6.45, 7) is 1.57. The Kier molecular flexibility index (Phi) is 3.96. The van der Waals surface area contributed by atoms with Gasteiger partial charge in [0.25, 0.3) is 0 Å². The Morgan fingerprint density at radius 2 is 2.27 bits per heavy atom. The van der Waals surface area contributed by atoms with Gasteiger partial charge in [0.05, 0.1) is 10.6 Å². The number of nitrogens with one attached hydrogen (secondary N) is 1. The second-order valence-electron chi connectivity index (χ2n) is 2.91. The smallest absolute Gasteiger partial charge is 0.242 e. The highest BCUT2D eigenvalue weighted by Gasteiger charge is 2.09. The predicted octanol–water partition coefficient (Wildman–Crippen LogP) is 2.78. The maximum Gasteiger partial charge on any atom is 0.242 e. The SMILES string of the molecule is C[C@@H](Cl)C(=O)Nc1ccc(C#N)c(Cl)c1. The topological polar surface area (TPSA) is 52.9 Å². The number of alkyl halides is 1. The Morgan fingerprint density at radius 1 is 1.60 bits per heavy atom. The molecule has 0 saturated heterocycles. The fourth-order valence-electron chi connectivity index (χ4n) is 0.925. The zero-order valence-corrected chi connectivity index (χ0v) is 9.43. The van der Waals surface area contributed by atoms with Gasteiger partial charge in [0, 0.05) is 5.69 Å². The number of amides is 1. The number of carbonyl (C=O) groups is 1. The molecule has 1 atom stereocenters. The third-order valence-electron chi connectivity index (χ3n) is 1.72. The van der Waals surface area contributed by atoms with E-state index >= 15 is 0 Å². The molecule has 0 radical (unpaired) electrons. The monoisotopic (exact) mass is 242 g/mol. The van der Waals surface area contributed by atoms with E-state index in [4.69, 9.17) is 28.5 Å². The molecule has 5 heteroatoms. The molecule has 0 heterocycles. The van der Waals surface area contributed by atoms with Gasteiger partial charge in [-0.3, -0.25) is 4.79 Å². The van der Waals surface area contributed by atoms with E-state index in [0.29, 0.717) is 16.3 Å². The van der Waals surface area contributed by atoms with Gasteiger partial charge in [-0.25, -0.2) is 0 Å². The number of anilines is 1. The Hall–Kier alpha value is -1.24. The van der Waals surface area contributed by atoms with Gasteiger partial charge >= 0.3 is 0 Å². The average Bonchev–Trinajstić information content (AvgIpc) is 2.18. The first kappa shape index (κ1) is 11.8. The largest absolute Gasteiger partial charge is 0.325 e. The van der Waals surface area contributed by atoms with Gasteiger partial charge in [0.15, 0.2) is 0 Å². The molecule has 78 valence electrons. The van der Waals surface area contributed by atoms with Gasteiger partial charge in [0.2, 0.25) is 5.91 Å². The predicted molar refractivity (Wildman–Crippen MR) is 60.1 cm³/mol. The van der Waals surface area contributed by atoms with E-state index in [0.717, 1.165) is 0 Å². The van der Waals surface area contributed by atoms with Crippen LogP contribution in [0.5, 0.6) is 0 Å². The molecule has 15 heavy (non-hydrogen) atoms. The first-order chi connectivity index (χ1) is 7.04. The minimum Gasteiger partial charge on any atom is -0.325 e. The molecule has 1 amide bonds. The van der Waals surface area contributed by atoms with Crippen LogP contribution in [0.15, 0.2) is 18.2 Å². The number of carbonyl (C=O) groups excluding carboxylic acids is 1. The normalized spacial score (nSPS) is 11.6. The summed E-state index contributed by atoms with van der Waals surface area (Å²) in [5.41, 5.74) is 0.894. The Bertz CT molecular complexity index is 424. The van der Waals surface area contributed by atoms with Crippen molar-refractivity contribution in [1.29, 1.82) is 5.26 Å². The molecule has 0 aromatic heterocycles. The summed E-state index contributed by atoms with van der Waals surface area (Å²) in [5, 5.41) is 10.9. The number of rotatable bonds is 2. The molecule has 1 aromatic rings. The second-order valence-corrected chi connectivity index (χ2v) is 3.97. The van der Waals surface area contributed by atoms with Crippen LogP contribution in [0.25, 0.3) is 0 Å². The zero-order valence-electron chi connectivity index (χ0n) is 7.92. The fraction of sp³-hybridized carbons (Fsp3) is 0.200. The van der Waals surface area contributed by atoms with Gasteiger partial charge < -0.3 is 5.32 Å². The summed E-state index contributed by atoms with van der Waals surface area (Å²) in [6, 6.07) is 6.58. The summed E-state index contributed by atoms with van der Waals surface area (Å²) in [6.07, 6.45) is 0. The molecule has 0 spiro atoms. The lowest BCUT2D eigenvalue weighted by molar-refractivity contribution is -0.115. The summed E-state index contributed by atoms with van der Waals surface area (Å²) in [7, 11) is 0. The van der Waals surface area contributed by atoms with Crippen molar-refractivity contribution in [3.05, 3.63) is 28.8 Å². The van der Waals surface area contributed by atoms with E-state index < -0.39 is 5.38 Å². The van der Waals surface area contributed by atoms with Crippen molar-refractivity contribution < 1.29 is 4.79 Å². The van der Waals surface area contributed by atoms with E-state index in [1.165, 1.54) is 12.1 Å². The lowest BCUT2D eigenvalue weighted by atomic mass is 10.2. The van der Waals surface area contributed by atoms with Crippen LogP contribution < -0.4 is 5.32 Å². The molecule has 0 saturated carbocycles. The highest BCUT2D eigenvalue weighted by molar-refractivity contribution is 6.33. The summed E-state index contributed by atoms with van der Waals surface area (Å²) in [4.78, 5) is 11.2. The van der Waals surface area contributed by atoms with Crippen LogP contribution in [0.2, 0.25) is 5.02 Å². The number of hydrogen-bond donors (Lipinski definition) is 1. The Labute approximate surface area is 97.6 Å². The first-order valence-electron chi connectivity index (χ1n) is 4.19. The molecular formula is C10H8Cl2N2O. The van der Waals surface area contributed by atoms with Crippen molar-refractivity contribution in [3.63, 3.8) is 0 Å². The highest BCUT2D eigenvalue weighted by atomic mass is 35.5. The molecule has 0 bridgehead atoms. The fourth-order valence-corrected chi connectivity index (χ4v) is 1.20. The van der Waals surface area contributed by atoms with Crippen molar-refractivity contribution in [2.75, 3.05) is 5.32 Å². The maximum absolute atomic E-state index is 11.2. The molecule has 0 fully saturated rings. The van der Waals surface area contributed by atoms with Gasteiger partial charge in [-0.15, -0.1) is 11.6 Å². The molecule has 1 N–H and O–H groups in total. The van der Waals surface area contributed by atoms with E-state index in [9.17, 15) is 4.79 Å². The van der Waals surface area contributed by atoms with E-state index in [1.807, 2.05) is 6.07 Å². The third kappa shape index (κ3) is 3.12. The molecule has 1 aromatic carbocycles.